The Bertz CT molecular complexity index is 574. The molecule has 5 nitrogen and oxygen atoms in total. The lowest BCUT2D eigenvalue weighted by Gasteiger charge is -2.17. The first-order valence-electron chi connectivity index (χ1n) is 6.68. The number of thiophene rings is 1. The molecule has 0 spiro atoms. The molecule has 0 unspecified atom stereocenters. The number of halogens is 1. The molecule has 0 radical (unpaired) electrons. The Kier molecular flexibility index (Phi) is 6.66. The van der Waals surface area contributed by atoms with Crippen LogP contribution >= 0.6 is 22.9 Å². The Labute approximate surface area is 133 Å². The van der Waals surface area contributed by atoms with Gasteiger partial charge in [-0.3, -0.25) is 9.59 Å². The van der Waals surface area contributed by atoms with Gasteiger partial charge in [-0.25, -0.2) is 0 Å². The molecule has 1 rings (SSSR count). The van der Waals surface area contributed by atoms with Gasteiger partial charge in [-0.1, -0.05) is 0 Å². The Morgan fingerprint density at radius 3 is 2.48 bits per heavy atom. The van der Waals surface area contributed by atoms with Crippen molar-refractivity contribution in [3.8, 4) is 6.07 Å². The van der Waals surface area contributed by atoms with E-state index in [9.17, 15) is 14.9 Å². The van der Waals surface area contributed by atoms with Crippen molar-refractivity contribution in [2.75, 3.05) is 24.3 Å². The first kappa shape index (κ1) is 17.5. The third-order valence-corrected chi connectivity index (χ3v) is 4.46. The molecular formula is C14H18ClN3O2S. The summed E-state index contributed by atoms with van der Waals surface area (Å²) in [5, 5.41) is 12.3. The molecule has 7 heteroatoms. The minimum absolute atomic E-state index is 0.114. The number of nitrogens with one attached hydrogen (secondary N) is 1. The van der Waals surface area contributed by atoms with Crippen LogP contribution in [0.2, 0.25) is 0 Å². The molecule has 1 aromatic rings. The van der Waals surface area contributed by atoms with Crippen LogP contribution in [0.3, 0.4) is 0 Å². The Hall–Kier alpha value is -1.58. The van der Waals surface area contributed by atoms with Gasteiger partial charge in [0.15, 0.2) is 0 Å². The molecule has 1 heterocycles. The number of carbonyl (C=O) groups is 2. The highest BCUT2D eigenvalue weighted by atomic mass is 35.5. The van der Waals surface area contributed by atoms with E-state index < -0.39 is 0 Å². The van der Waals surface area contributed by atoms with Gasteiger partial charge in [-0.05, 0) is 26.3 Å². The first-order valence-corrected chi connectivity index (χ1v) is 8.03. The lowest BCUT2D eigenvalue weighted by Crippen LogP contribution is -2.30. The molecule has 0 aliphatic carbocycles. The van der Waals surface area contributed by atoms with Crippen molar-refractivity contribution >= 4 is 39.8 Å². The monoisotopic (exact) mass is 327 g/mol. The van der Waals surface area contributed by atoms with Crippen molar-refractivity contribution in [1.82, 2.24) is 4.90 Å². The lowest BCUT2D eigenvalue weighted by atomic mass is 10.1. The van der Waals surface area contributed by atoms with E-state index in [1.165, 1.54) is 0 Å². The van der Waals surface area contributed by atoms with E-state index in [0.29, 0.717) is 34.1 Å². The molecule has 114 valence electrons. The second kappa shape index (κ2) is 8.01. The number of anilines is 1. The molecule has 0 aliphatic rings. The predicted molar refractivity (Wildman–Crippen MR) is 85.0 cm³/mol. The van der Waals surface area contributed by atoms with Gasteiger partial charge in [0.25, 0.3) is 5.91 Å². The molecule has 1 aromatic heterocycles. The zero-order chi connectivity index (χ0) is 16.0. The van der Waals surface area contributed by atoms with Crippen molar-refractivity contribution < 1.29 is 9.59 Å². The van der Waals surface area contributed by atoms with Gasteiger partial charge in [-0.2, -0.15) is 5.26 Å². The maximum absolute atomic E-state index is 12.4. The number of alkyl halides is 1. The predicted octanol–water partition coefficient (Wildman–Crippen LogP) is 2.98. The highest BCUT2D eigenvalue weighted by Gasteiger charge is 2.23. The average Bonchev–Trinajstić information content (AvgIpc) is 2.76. The summed E-state index contributed by atoms with van der Waals surface area (Å²) < 4.78 is 0. The number of hydrogen-bond acceptors (Lipinski definition) is 4. The van der Waals surface area contributed by atoms with E-state index >= 15 is 0 Å². The number of carbonyl (C=O) groups excluding carboxylic acids is 2. The number of nitrogens with zero attached hydrogens (tertiary/aromatic N) is 2. The van der Waals surface area contributed by atoms with E-state index in [1.54, 1.807) is 11.8 Å². The minimum atomic E-state index is -0.260. The average molecular weight is 328 g/mol. The Morgan fingerprint density at radius 2 is 2.00 bits per heavy atom. The van der Waals surface area contributed by atoms with Crippen LogP contribution in [0, 0.1) is 18.3 Å². The largest absolute Gasteiger partial charge is 0.338 e. The van der Waals surface area contributed by atoms with Gasteiger partial charge in [0, 0.05) is 25.4 Å². The summed E-state index contributed by atoms with van der Waals surface area (Å²) in [6, 6.07) is 2.05. The summed E-state index contributed by atoms with van der Waals surface area (Å²) in [5.74, 6) is -0.162. The second-order valence-corrected chi connectivity index (χ2v) is 5.74. The standard InChI is InChI=1S/C14H18ClN3O2S/c1-4-18(5-2)14(20)12-9(3)10(8-16)13(21-12)17-11(19)6-7-15/h4-7H2,1-3H3,(H,17,19). The minimum Gasteiger partial charge on any atom is -0.338 e. The van der Waals surface area contributed by atoms with Crippen LogP contribution in [0.4, 0.5) is 5.00 Å². The van der Waals surface area contributed by atoms with Crippen molar-refractivity contribution in [3.05, 3.63) is 16.0 Å². The molecule has 21 heavy (non-hydrogen) atoms. The van der Waals surface area contributed by atoms with Gasteiger partial charge >= 0.3 is 0 Å². The third kappa shape index (κ3) is 3.96. The molecule has 0 saturated heterocycles. The normalized spacial score (nSPS) is 10.0. The number of nitriles is 1. The second-order valence-electron chi connectivity index (χ2n) is 4.34. The smallest absolute Gasteiger partial charge is 0.264 e. The van der Waals surface area contributed by atoms with Crippen molar-refractivity contribution in [2.45, 2.75) is 27.2 Å². The van der Waals surface area contributed by atoms with Gasteiger partial charge in [0.1, 0.15) is 11.1 Å². The highest BCUT2D eigenvalue weighted by molar-refractivity contribution is 7.18. The highest BCUT2D eigenvalue weighted by Crippen LogP contribution is 2.33. The van der Waals surface area contributed by atoms with Crippen molar-refractivity contribution in [3.63, 3.8) is 0 Å². The van der Waals surface area contributed by atoms with Crippen LogP contribution in [0.1, 0.15) is 41.1 Å². The Morgan fingerprint density at radius 1 is 1.38 bits per heavy atom. The molecule has 1 N–H and O–H groups in total. The summed E-state index contributed by atoms with van der Waals surface area (Å²) >= 11 is 6.66. The quantitative estimate of drug-likeness (QED) is 0.816. The maximum Gasteiger partial charge on any atom is 0.264 e. The zero-order valence-corrected chi connectivity index (χ0v) is 13.9. The maximum atomic E-state index is 12.4. The molecule has 0 aromatic carbocycles. The first-order chi connectivity index (χ1) is 9.99. The van der Waals surface area contributed by atoms with E-state index in [-0.39, 0.29) is 24.1 Å². The number of amides is 2. The summed E-state index contributed by atoms with van der Waals surface area (Å²) in [7, 11) is 0. The van der Waals surface area contributed by atoms with E-state index in [2.05, 4.69) is 11.4 Å². The van der Waals surface area contributed by atoms with Crippen LogP contribution in [0.5, 0.6) is 0 Å². The number of hydrogen-bond donors (Lipinski definition) is 1. The molecule has 0 bridgehead atoms. The van der Waals surface area contributed by atoms with Crippen LogP contribution < -0.4 is 5.32 Å². The molecular weight excluding hydrogens is 310 g/mol. The van der Waals surface area contributed by atoms with E-state index in [4.69, 9.17) is 11.6 Å². The summed E-state index contributed by atoms with van der Waals surface area (Å²) in [6.45, 7) is 6.73. The summed E-state index contributed by atoms with van der Waals surface area (Å²) in [5.41, 5.74) is 0.957. The van der Waals surface area contributed by atoms with Gasteiger partial charge in [-0.15, -0.1) is 22.9 Å². The molecule has 0 saturated carbocycles. The van der Waals surface area contributed by atoms with Gasteiger partial charge < -0.3 is 10.2 Å². The topological polar surface area (TPSA) is 73.2 Å². The fourth-order valence-electron chi connectivity index (χ4n) is 1.87. The van der Waals surface area contributed by atoms with Crippen molar-refractivity contribution in [2.24, 2.45) is 0 Å². The van der Waals surface area contributed by atoms with Crippen LogP contribution in [-0.4, -0.2) is 35.7 Å². The fraction of sp³-hybridized carbons (Fsp3) is 0.500. The van der Waals surface area contributed by atoms with Crippen LogP contribution in [0.15, 0.2) is 0 Å². The summed E-state index contributed by atoms with van der Waals surface area (Å²) in [6.07, 6.45) is 0.169. The van der Waals surface area contributed by atoms with Gasteiger partial charge in [0.05, 0.1) is 10.4 Å². The van der Waals surface area contributed by atoms with Crippen LogP contribution in [-0.2, 0) is 4.79 Å². The third-order valence-electron chi connectivity index (χ3n) is 3.08. The molecule has 0 fully saturated rings. The molecule has 2 amide bonds. The van der Waals surface area contributed by atoms with E-state index in [1.807, 2.05) is 13.8 Å². The van der Waals surface area contributed by atoms with Crippen LogP contribution in [0.25, 0.3) is 0 Å². The van der Waals surface area contributed by atoms with Gasteiger partial charge in [0.2, 0.25) is 5.91 Å². The van der Waals surface area contributed by atoms with Crippen molar-refractivity contribution in [1.29, 1.82) is 5.26 Å². The Balaban J connectivity index is 3.14. The molecule has 0 atom stereocenters. The fourth-order valence-corrected chi connectivity index (χ4v) is 3.18. The number of rotatable bonds is 6. The zero-order valence-electron chi connectivity index (χ0n) is 12.3. The van der Waals surface area contributed by atoms with E-state index in [0.717, 1.165) is 11.3 Å². The summed E-state index contributed by atoms with van der Waals surface area (Å²) in [4.78, 5) is 26.2. The lowest BCUT2D eigenvalue weighted by molar-refractivity contribution is -0.115. The molecule has 0 aliphatic heterocycles. The SMILES string of the molecule is CCN(CC)C(=O)c1sc(NC(=O)CCCl)c(C#N)c1C.